The third-order valence-electron chi connectivity index (χ3n) is 4.22. The summed E-state index contributed by atoms with van der Waals surface area (Å²) in [4.78, 5) is 25.3. The van der Waals surface area contributed by atoms with Gasteiger partial charge in [-0.25, -0.2) is 0 Å². The second kappa shape index (κ2) is 8.04. The van der Waals surface area contributed by atoms with Crippen LogP contribution >= 0.6 is 0 Å². The van der Waals surface area contributed by atoms with E-state index in [1.54, 1.807) is 12.1 Å². The van der Waals surface area contributed by atoms with E-state index in [0.29, 0.717) is 5.69 Å². The molecule has 0 aliphatic rings. The third kappa shape index (κ3) is 5.58. The van der Waals surface area contributed by atoms with Crippen molar-refractivity contribution in [3.63, 3.8) is 0 Å². The van der Waals surface area contributed by atoms with Crippen LogP contribution in [0.1, 0.15) is 38.8 Å². The molecular formula is C21H23F3N2O2. The number of halogens is 3. The number of hydrogen-bond donors (Lipinski definition) is 1. The Hall–Kier alpha value is -2.83. The highest BCUT2D eigenvalue weighted by molar-refractivity contribution is 6.01. The Morgan fingerprint density at radius 1 is 0.893 bits per heavy atom. The van der Waals surface area contributed by atoms with E-state index in [9.17, 15) is 22.8 Å². The molecule has 0 atom stereocenters. The molecule has 7 heteroatoms. The van der Waals surface area contributed by atoms with Gasteiger partial charge in [-0.05, 0) is 47.4 Å². The van der Waals surface area contributed by atoms with E-state index in [1.165, 1.54) is 19.1 Å². The number of anilines is 2. The van der Waals surface area contributed by atoms with E-state index >= 15 is 0 Å². The number of nitrogens with zero attached hydrogens (tertiary/aromatic N) is 1. The lowest BCUT2D eigenvalue weighted by molar-refractivity contribution is -0.137. The highest BCUT2D eigenvalue weighted by Crippen LogP contribution is 2.30. The molecule has 150 valence electrons. The van der Waals surface area contributed by atoms with E-state index in [2.05, 4.69) is 26.1 Å². The summed E-state index contributed by atoms with van der Waals surface area (Å²) in [6.45, 7) is 7.19. The zero-order valence-corrected chi connectivity index (χ0v) is 16.2. The highest BCUT2D eigenvalue weighted by atomic mass is 19.4. The first-order valence-corrected chi connectivity index (χ1v) is 8.73. The van der Waals surface area contributed by atoms with Crippen LogP contribution in [0.15, 0.2) is 48.5 Å². The molecule has 28 heavy (non-hydrogen) atoms. The van der Waals surface area contributed by atoms with Crippen molar-refractivity contribution in [1.29, 1.82) is 0 Å². The normalized spacial score (nSPS) is 11.8. The number of amides is 2. The SMILES string of the molecule is CC(=O)N(CC(=O)Nc1ccc(C(C)(C)C)cc1)c1ccc(C(F)(F)F)cc1. The fourth-order valence-corrected chi connectivity index (χ4v) is 2.61. The van der Waals surface area contributed by atoms with Gasteiger partial charge in [-0.1, -0.05) is 32.9 Å². The molecule has 0 aliphatic heterocycles. The van der Waals surface area contributed by atoms with Gasteiger partial charge in [0.2, 0.25) is 11.8 Å². The zero-order valence-electron chi connectivity index (χ0n) is 16.2. The minimum atomic E-state index is -4.46. The average Bonchev–Trinajstić information content (AvgIpc) is 2.58. The van der Waals surface area contributed by atoms with Gasteiger partial charge in [0.05, 0.1) is 5.56 Å². The predicted molar refractivity (Wildman–Crippen MR) is 103 cm³/mol. The Labute approximate surface area is 162 Å². The van der Waals surface area contributed by atoms with Crippen LogP contribution in [0.25, 0.3) is 0 Å². The first-order valence-electron chi connectivity index (χ1n) is 8.73. The minimum Gasteiger partial charge on any atom is -0.325 e. The van der Waals surface area contributed by atoms with Crippen LogP contribution in [0.2, 0.25) is 0 Å². The van der Waals surface area contributed by atoms with Gasteiger partial charge in [0.15, 0.2) is 0 Å². The van der Waals surface area contributed by atoms with Crippen molar-refractivity contribution in [2.24, 2.45) is 0 Å². The van der Waals surface area contributed by atoms with Crippen molar-refractivity contribution in [3.05, 3.63) is 59.7 Å². The molecule has 0 bridgehead atoms. The monoisotopic (exact) mass is 392 g/mol. The maximum Gasteiger partial charge on any atom is 0.416 e. The van der Waals surface area contributed by atoms with E-state index in [1.807, 2.05) is 12.1 Å². The van der Waals surface area contributed by atoms with Crippen molar-refractivity contribution < 1.29 is 22.8 Å². The summed E-state index contributed by atoms with van der Waals surface area (Å²) in [7, 11) is 0. The van der Waals surface area contributed by atoms with Gasteiger partial charge in [-0.15, -0.1) is 0 Å². The second-order valence-electron chi connectivity index (χ2n) is 7.53. The van der Waals surface area contributed by atoms with Gasteiger partial charge in [-0.2, -0.15) is 13.2 Å². The van der Waals surface area contributed by atoms with Crippen molar-refractivity contribution in [3.8, 4) is 0 Å². The molecule has 0 saturated carbocycles. The maximum atomic E-state index is 12.7. The molecule has 1 N–H and O–H groups in total. The molecule has 0 aromatic heterocycles. The molecule has 0 radical (unpaired) electrons. The summed E-state index contributed by atoms with van der Waals surface area (Å²) in [5, 5.41) is 2.70. The lowest BCUT2D eigenvalue weighted by Crippen LogP contribution is -2.36. The van der Waals surface area contributed by atoms with Crippen molar-refractivity contribution >= 4 is 23.2 Å². The number of carbonyl (C=O) groups excluding carboxylic acids is 2. The van der Waals surface area contributed by atoms with Crippen LogP contribution in [-0.4, -0.2) is 18.4 Å². The number of carbonyl (C=O) groups is 2. The number of nitrogens with one attached hydrogen (secondary N) is 1. The van der Waals surface area contributed by atoms with Crippen molar-refractivity contribution in [2.45, 2.75) is 39.3 Å². The topological polar surface area (TPSA) is 49.4 Å². The molecule has 2 amide bonds. The molecular weight excluding hydrogens is 369 g/mol. The Kier molecular flexibility index (Phi) is 6.17. The average molecular weight is 392 g/mol. The summed E-state index contributed by atoms with van der Waals surface area (Å²) >= 11 is 0. The van der Waals surface area contributed by atoms with Crippen LogP contribution < -0.4 is 10.2 Å². The van der Waals surface area contributed by atoms with Crippen LogP contribution in [0.3, 0.4) is 0 Å². The predicted octanol–water partition coefficient (Wildman–Crippen LogP) is 4.99. The summed E-state index contributed by atoms with van der Waals surface area (Å²) in [6, 6.07) is 11.5. The largest absolute Gasteiger partial charge is 0.416 e. The van der Waals surface area contributed by atoms with Gasteiger partial charge >= 0.3 is 6.18 Å². The number of rotatable bonds is 4. The zero-order chi connectivity index (χ0) is 21.1. The summed E-state index contributed by atoms with van der Waals surface area (Å²) in [5.41, 5.74) is 1.08. The molecule has 0 aliphatic carbocycles. The lowest BCUT2D eigenvalue weighted by atomic mass is 9.87. The van der Waals surface area contributed by atoms with E-state index < -0.39 is 23.6 Å². The maximum absolute atomic E-state index is 12.7. The molecule has 0 fully saturated rings. The summed E-state index contributed by atoms with van der Waals surface area (Å²) in [5.74, 6) is -0.892. The van der Waals surface area contributed by atoms with E-state index in [4.69, 9.17) is 0 Å². The molecule has 4 nitrogen and oxygen atoms in total. The minimum absolute atomic E-state index is 0.0173. The first kappa shape index (κ1) is 21.5. The number of hydrogen-bond acceptors (Lipinski definition) is 2. The quantitative estimate of drug-likeness (QED) is 0.797. The van der Waals surface area contributed by atoms with Gasteiger partial charge in [0.1, 0.15) is 6.54 Å². The van der Waals surface area contributed by atoms with Crippen LogP contribution in [0, 0.1) is 0 Å². The summed E-state index contributed by atoms with van der Waals surface area (Å²) in [6.07, 6.45) is -4.46. The Balaban J connectivity index is 2.10. The van der Waals surface area contributed by atoms with Crippen LogP contribution in [0.4, 0.5) is 24.5 Å². The number of benzene rings is 2. The van der Waals surface area contributed by atoms with Gasteiger partial charge in [0.25, 0.3) is 0 Å². The molecule has 2 rings (SSSR count). The van der Waals surface area contributed by atoms with Crippen molar-refractivity contribution in [2.75, 3.05) is 16.8 Å². The lowest BCUT2D eigenvalue weighted by Gasteiger charge is -2.22. The smallest absolute Gasteiger partial charge is 0.325 e. The van der Waals surface area contributed by atoms with Gasteiger partial charge in [0, 0.05) is 18.3 Å². The molecule has 0 unspecified atom stereocenters. The molecule has 0 spiro atoms. The highest BCUT2D eigenvalue weighted by Gasteiger charge is 2.30. The Bertz CT molecular complexity index is 836. The van der Waals surface area contributed by atoms with E-state index in [0.717, 1.165) is 22.6 Å². The standard InChI is InChI=1S/C21H23F3N2O2/c1-14(27)26(18-11-7-16(8-12-18)21(22,23)24)13-19(28)25-17-9-5-15(6-10-17)20(2,3)4/h5-12H,13H2,1-4H3,(H,25,28). The third-order valence-corrected chi connectivity index (χ3v) is 4.22. The van der Waals surface area contributed by atoms with Crippen LogP contribution in [-0.2, 0) is 21.2 Å². The van der Waals surface area contributed by atoms with E-state index in [-0.39, 0.29) is 17.6 Å². The second-order valence-corrected chi connectivity index (χ2v) is 7.53. The van der Waals surface area contributed by atoms with Crippen molar-refractivity contribution in [1.82, 2.24) is 0 Å². The fraction of sp³-hybridized carbons (Fsp3) is 0.333. The molecule has 0 saturated heterocycles. The Morgan fingerprint density at radius 2 is 1.39 bits per heavy atom. The molecule has 2 aromatic rings. The fourth-order valence-electron chi connectivity index (χ4n) is 2.61. The first-order chi connectivity index (χ1) is 12.9. The van der Waals surface area contributed by atoms with Gasteiger partial charge < -0.3 is 10.2 Å². The Morgan fingerprint density at radius 3 is 1.82 bits per heavy atom. The molecule has 2 aromatic carbocycles. The van der Waals surface area contributed by atoms with Gasteiger partial charge in [-0.3, -0.25) is 9.59 Å². The van der Waals surface area contributed by atoms with Crippen LogP contribution in [0.5, 0.6) is 0 Å². The number of alkyl halides is 3. The molecule has 0 heterocycles. The summed E-state index contributed by atoms with van der Waals surface area (Å²) < 4.78 is 38.1.